The van der Waals surface area contributed by atoms with E-state index in [1.54, 1.807) is 6.07 Å². The zero-order chi connectivity index (χ0) is 14.0. The van der Waals surface area contributed by atoms with Gasteiger partial charge in [0.2, 0.25) is 0 Å². The molecule has 0 N–H and O–H groups in total. The van der Waals surface area contributed by atoms with Gasteiger partial charge in [-0.15, -0.1) is 0 Å². The van der Waals surface area contributed by atoms with E-state index >= 15 is 0 Å². The van der Waals surface area contributed by atoms with E-state index in [0.717, 1.165) is 12.3 Å². The van der Waals surface area contributed by atoms with Gasteiger partial charge in [-0.05, 0) is 40.1 Å². The summed E-state index contributed by atoms with van der Waals surface area (Å²) >= 11 is 0. The molecule has 1 aromatic carbocycles. The summed E-state index contributed by atoms with van der Waals surface area (Å²) in [7, 11) is 4.00. The van der Waals surface area contributed by atoms with Crippen LogP contribution in [0.25, 0.3) is 0 Å². The van der Waals surface area contributed by atoms with Gasteiger partial charge >= 0.3 is 0 Å². The number of carbonyl (C=O) groups is 1. The van der Waals surface area contributed by atoms with Crippen molar-refractivity contribution in [1.82, 2.24) is 4.90 Å². The zero-order valence-corrected chi connectivity index (χ0v) is 12.0. The second-order valence-corrected chi connectivity index (χ2v) is 5.77. The minimum atomic E-state index is -0.438. The zero-order valence-electron chi connectivity index (χ0n) is 12.0. The number of benzene rings is 1. The van der Waals surface area contributed by atoms with E-state index < -0.39 is 5.60 Å². The van der Waals surface area contributed by atoms with Crippen molar-refractivity contribution in [3.8, 4) is 11.5 Å². The quantitative estimate of drug-likeness (QED) is 0.836. The number of carbonyl (C=O) groups excluding carboxylic acids is 1. The molecule has 0 fully saturated rings. The minimum Gasteiger partial charge on any atom is -0.492 e. The normalized spacial score (nSPS) is 17.0. The van der Waals surface area contributed by atoms with Gasteiger partial charge < -0.3 is 14.4 Å². The lowest BCUT2D eigenvalue weighted by atomic mass is 9.93. The Morgan fingerprint density at radius 1 is 1.37 bits per heavy atom. The predicted octanol–water partition coefficient (Wildman–Crippen LogP) is 2.37. The van der Waals surface area contributed by atoms with Gasteiger partial charge in [0, 0.05) is 12.6 Å². The molecule has 4 heteroatoms. The second kappa shape index (κ2) is 5.21. The molecule has 104 valence electrons. The maximum absolute atomic E-state index is 12.0. The molecule has 0 amide bonds. The van der Waals surface area contributed by atoms with Gasteiger partial charge in [-0.3, -0.25) is 4.79 Å². The monoisotopic (exact) mass is 263 g/mol. The summed E-state index contributed by atoms with van der Waals surface area (Å²) in [5, 5.41) is 0. The number of nitrogens with zero attached hydrogens (tertiary/aromatic N) is 1. The molecule has 0 unspecified atom stereocenters. The van der Waals surface area contributed by atoms with E-state index in [4.69, 9.17) is 9.47 Å². The van der Waals surface area contributed by atoms with Crippen LogP contribution in [-0.4, -0.2) is 43.5 Å². The number of ketones is 1. The molecule has 0 radical (unpaired) electrons. The van der Waals surface area contributed by atoms with Crippen LogP contribution in [-0.2, 0) is 0 Å². The van der Waals surface area contributed by atoms with Crippen molar-refractivity contribution in [2.45, 2.75) is 25.9 Å². The molecular formula is C15H21NO3. The number of fused-ring (bicyclic) bond motifs is 1. The van der Waals surface area contributed by atoms with Crippen LogP contribution in [0.4, 0.5) is 0 Å². The Kier molecular flexibility index (Phi) is 3.80. The third-order valence-electron chi connectivity index (χ3n) is 3.03. The predicted molar refractivity (Wildman–Crippen MR) is 74.1 cm³/mol. The Hall–Kier alpha value is -1.55. The van der Waals surface area contributed by atoms with Gasteiger partial charge in [-0.2, -0.15) is 0 Å². The topological polar surface area (TPSA) is 38.8 Å². The van der Waals surface area contributed by atoms with E-state index in [9.17, 15) is 4.79 Å². The van der Waals surface area contributed by atoms with Crippen molar-refractivity contribution < 1.29 is 14.3 Å². The van der Waals surface area contributed by atoms with E-state index in [2.05, 4.69) is 4.90 Å². The number of Topliss-reactive ketones (excluding diaryl/α,β-unsaturated/α-hetero) is 1. The largest absolute Gasteiger partial charge is 0.492 e. The molecule has 1 heterocycles. The third-order valence-corrected chi connectivity index (χ3v) is 3.03. The van der Waals surface area contributed by atoms with Crippen LogP contribution in [0.5, 0.6) is 11.5 Å². The average molecular weight is 263 g/mol. The fraction of sp³-hybridized carbons (Fsp3) is 0.533. The van der Waals surface area contributed by atoms with Crippen LogP contribution >= 0.6 is 0 Å². The van der Waals surface area contributed by atoms with E-state index in [-0.39, 0.29) is 5.78 Å². The Balaban J connectivity index is 2.12. The molecule has 0 bridgehead atoms. The van der Waals surface area contributed by atoms with E-state index in [1.165, 1.54) is 0 Å². The fourth-order valence-corrected chi connectivity index (χ4v) is 2.07. The number of likely N-dealkylation sites (N-methyl/N-ethyl adjacent to an activating group) is 1. The van der Waals surface area contributed by atoms with Gasteiger partial charge in [0.15, 0.2) is 5.78 Å². The second-order valence-electron chi connectivity index (χ2n) is 5.77. The van der Waals surface area contributed by atoms with E-state index in [0.29, 0.717) is 24.3 Å². The Labute approximate surface area is 114 Å². The van der Waals surface area contributed by atoms with Gasteiger partial charge in [-0.25, -0.2) is 0 Å². The lowest BCUT2D eigenvalue weighted by molar-refractivity contribution is 0.0618. The fourth-order valence-electron chi connectivity index (χ4n) is 2.07. The molecule has 0 aromatic heterocycles. The third kappa shape index (κ3) is 3.47. The number of hydrogen-bond acceptors (Lipinski definition) is 4. The number of rotatable bonds is 4. The molecule has 0 aliphatic carbocycles. The maximum atomic E-state index is 12.0. The van der Waals surface area contributed by atoms with Crippen molar-refractivity contribution in [1.29, 1.82) is 0 Å². The van der Waals surface area contributed by atoms with Crippen LogP contribution in [0, 0.1) is 0 Å². The smallest absolute Gasteiger partial charge is 0.170 e. The first-order valence-corrected chi connectivity index (χ1v) is 6.51. The molecule has 1 aliphatic rings. The first-order chi connectivity index (χ1) is 8.87. The van der Waals surface area contributed by atoms with Crippen LogP contribution in [0.2, 0.25) is 0 Å². The van der Waals surface area contributed by atoms with Crippen molar-refractivity contribution in [3.05, 3.63) is 23.8 Å². The van der Waals surface area contributed by atoms with Crippen molar-refractivity contribution in [2.24, 2.45) is 0 Å². The van der Waals surface area contributed by atoms with Crippen LogP contribution < -0.4 is 9.47 Å². The van der Waals surface area contributed by atoms with Crippen molar-refractivity contribution in [3.63, 3.8) is 0 Å². The summed E-state index contributed by atoms with van der Waals surface area (Å²) in [5.41, 5.74) is 0.214. The highest BCUT2D eigenvalue weighted by Gasteiger charge is 2.32. The number of hydrogen-bond donors (Lipinski definition) is 0. The summed E-state index contributed by atoms with van der Waals surface area (Å²) in [6.45, 7) is 5.31. The summed E-state index contributed by atoms with van der Waals surface area (Å²) < 4.78 is 11.5. The van der Waals surface area contributed by atoms with E-state index in [1.807, 2.05) is 40.1 Å². The molecule has 1 aromatic rings. The summed E-state index contributed by atoms with van der Waals surface area (Å²) in [6, 6.07) is 5.43. The minimum absolute atomic E-state index is 0.131. The summed E-state index contributed by atoms with van der Waals surface area (Å²) in [4.78, 5) is 14.0. The van der Waals surface area contributed by atoms with Crippen molar-refractivity contribution >= 4 is 5.78 Å². The molecule has 4 nitrogen and oxygen atoms in total. The first-order valence-electron chi connectivity index (χ1n) is 6.51. The molecule has 19 heavy (non-hydrogen) atoms. The van der Waals surface area contributed by atoms with Crippen LogP contribution in [0.3, 0.4) is 0 Å². The molecule has 2 rings (SSSR count). The highest BCUT2D eigenvalue weighted by atomic mass is 16.5. The van der Waals surface area contributed by atoms with Gasteiger partial charge in [0.05, 0.1) is 12.0 Å². The first kappa shape index (κ1) is 13.9. The average Bonchev–Trinajstić information content (AvgIpc) is 2.26. The highest BCUT2D eigenvalue weighted by Crippen LogP contribution is 2.35. The Morgan fingerprint density at radius 2 is 2.11 bits per heavy atom. The van der Waals surface area contributed by atoms with Gasteiger partial charge in [-0.1, -0.05) is 0 Å². The van der Waals surface area contributed by atoms with Gasteiger partial charge in [0.25, 0.3) is 0 Å². The number of ether oxygens (including phenoxy) is 2. The molecule has 0 saturated carbocycles. The Morgan fingerprint density at radius 3 is 2.79 bits per heavy atom. The Bertz CT molecular complexity index is 480. The summed E-state index contributed by atoms with van der Waals surface area (Å²) in [5.74, 6) is 1.50. The van der Waals surface area contributed by atoms with Gasteiger partial charge in [0.1, 0.15) is 23.7 Å². The highest BCUT2D eigenvalue weighted by molar-refractivity contribution is 6.00. The SMILES string of the molecule is CN(C)CCOc1ccc2c(c1)OC(C)(C)CC2=O. The molecule has 0 saturated heterocycles. The molecule has 1 aliphatic heterocycles. The summed E-state index contributed by atoms with van der Waals surface area (Å²) in [6.07, 6.45) is 0.417. The lowest BCUT2D eigenvalue weighted by Gasteiger charge is -2.31. The molecular weight excluding hydrogens is 242 g/mol. The molecule has 0 spiro atoms. The van der Waals surface area contributed by atoms with Crippen LogP contribution in [0.15, 0.2) is 18.2 Å². The van der Waals surface area contributed by atoms with Crippen LogP contribution in [0.1, 0.15) is 30.6 Å². The van der Waals surface area contributed by atoms with Crippen molar-refractivity contribution in [2.75, 3.05) is 27.2 Å². The standard InChI is InChI=1S/C15H21NO3/c1-15(2)10-13(17)12-6-5-11(9-14(12)19-15)18-8-7-16(3)4/h5-6,9H,7-8,10H2,1-4H3. The maximum Gasteiger partial charge on any atom is 0.170 e. The molecule has 0 atom stereocenters. The lowest BCUT2D eigenvalue weighted by Crippen LogP contribution is -2.35.